The molecule has 0 amide bonds. The van der Waals surface area contributed by atoms with Crippen LogP contribution in [0, 0.1) is 11.8 Å². The number of rotatable bonds is 5. The van der Waals surface area contributed by atoms with Crippen molar-refractivity contribution in [3.05, 3.63) is 0 Å². The van der Waals surface area contributed by atoms with Gasteiger partial charge in [0, 0.05) is 25.2 Å². The number of fused-ring (bicyclic) bond motifs is 1. The van der Waals surface area contributed by atoms with Gasteiger partial charge in [-0.1, -0.05) is 33.1 Å². The molecule has 3 fully saturated rings. The van der Waals surface area contributed by atoms with Crippen LogP contribution in [-0.2, 0) is 0 Å². The number of nitrogens with zero attached hydrogens (tertiary/aromatic N) is 2. The zero-order chi connectivity index (χ0) is 13.2. The summed E-state index contributed by atoms with van der Waals surface area (Å²) < 4.78 is 0. The average Bonchev–Trinajstić information content (AvgIpc) is 3.22. The molecule has 1 aliphatic carbocycles. The van der Waals surface area contributed by atoms with Crippen LogP contribution in [0.5, 0.6) is 0 Å². The minimum absolute atomic E-state index is 0.809. The van der Waals surface area contributed by atoms with Gasteiger partial charge in [-0.05, 0) is 50.6 Å². The fraction of sp³-hybridized carbons (Fsp3) is 1.00. The summed E-state index contributed by atoms with van der Waals surface area (Å²) >= 11 is 0. The van der Waals surface area contributed by atoms with E-state index in [9.17, 15) is 0 Å². The zero-order valence-electron chi connectivity index (χ0n) is 13.0. The molecule has 2 nitrogen and oxygen atoms in total. The Hall–Kier alpha value is -0.0800. The van der Waals surface area contributed by atoms with E-state index in [2.05, 4.69) is 23.6 Å². The van der Waals surface area contributed by atoms with Gasteiger partial charge in [-0.15, -0.1) is 0 Å². The number of hydrogen-bond acceptors (Lipinski definition) is 2. The van der Waals surface area contributed by atoms with Crippen molar-refractivity contribution in [3.8, 4) is 0 Å². The van der Waals surface area contributed by atoms with Crippen LogP contribution in [0.25, 0.3) is 0 Å². The summed E-state index contributed by atoms with van der Waals surface area (Å²) in [5, 5.41) is 0. The lowest BCUT2D eigenvalue weighted by Crippen LogP contribution is -2.61. The fourth-order valence-corrected chi connectivity index (χ4v) is 4.15. The second-order valence-corrected chi connectivity index (χ2v) is 7.54. The highest BCUT2D eigenvalue weighted by Crippen LogP contribution is 2.34. The lowest BCUT2D eigenvalue weighted by atomic mass is 9.92. The highest BCUT2D eigenvalue weighted by molar-refractivity contribution is 4.92. The first-order valence-corrected chi connectivity index (χ1v) is 8.72. The van der Waals surface area contributed by atoms with Crippen molar-refractivity contribution in [2.45, 2.75) is 70.9 Å². The molecule has 0 bridgehead atoms. The molecule has 0 radical (unpaired) electrons. The first kappa shape index (κ1) is 13.9. The van der Waals surface area contributed by atoms with E-state index < -0.39 is 0 Å². The monoisotopic (exact) mass is 264 g/mol. The molecule has 0 aromatic carbocycles. The van der Waals surface area contributed by atoms with Crippen molar-refractivity contribution < 1.29 is 0 Å². The molecule has 0 spiro atoms. The van der Waals surface area contributed by atoms with Gasteiger partial charge >= 0.3 is 0 Å². The molecule has 0 aromatic heterocycles. The van der Waals surface area contributed by atoms with E-state index in [0.717, 1.165) is 23.9 Å². The van der Waals surface area contributed by atoms with Crippen molar-refractivity contribution in [1.82, 2.24) is 9.80 Å². The second kappa shape index (κ2) is 6.13. The van der Waals surface area contributed by atoms with E-state index in [1.165, 1.54) is 71.1 Å². The Bertz CT molecular complexity index is 285. The summed E-state index contributed by atoms with van der Waals surface area (Å²) in [5.74, 6) is 1.91. The third-order valence-electron chi connectivity index (χ3n) is 5.61. The summed E-state index contributed by atoms with van der Waals surface area (Å²) in [7, 11) is 0. The quantitative estimate of drug-likeness (QED) is 0.751. The number of piperazine rings is 1. The first-order valence-electron chi connectivity index (χ1n) is 8.72. The van der Waals surface area contributed by atoms with Gasteiger partial charge in [0.2, 0.25) is 0 Å². The van der Waals surface area contributed by atoms with Crippen LogP contribution in [0.2, 0.25) is 0 Å². The van der Waals surface area contributed by atoms with Crippen LogP contribution in [0.1, 0.15) is 58.8 Å². The zero-order valence-corrected chi connectivity index (χ0v) is 13.0. The van der Waals surface area contributed by atoms with Crippen LogP contribution in [0.15, 0.2) is 0 Å². The van der Waals surface area contributed by atoms with Gasteiger partial charge in [0.25, 0.3) is 0 Å². The van der Waals surface area contributed by atoms with E-state index in [-0.39, 0.29) is 0 Å². The van der Waals surface area contributed by atoms with E-state index in [0.29, 0.717) is 0 Å². The largest absolute Gasteiger partial charge is 0.298 e. The Morgan fingerprint density at radius 3 is 2.63 bits per heavy atom. The van der Waals surface area contributed by atoms with Gasteiger partial charge in [0.1, 0.15) is 0 Å². The third kappa shape index (κ3) is 3.52. The van der Waals surface area contributed by atoms with Gasteiger partial charge in [-0.3, -0.25) is 9.80 Å². The van der Waals surface area contributed by atoms with Crippen molar-refractivity contribution in [2.24, 2.45) is 11.8 Å². The van der Waals surface area contributed by atoms with Crippen LogP contribution < -0.4 is 0 Å². The minimum Gasteiger partial charge on any atom is -0.298 e. The standard InChI is InChI=1S/C17H32N2/c1-14(2)17-13-18-10-4-3-7-16(18)12-19(17)11-5-6-15-8-9-15/h14-17H,3-13H2,1-2H3. The normalized spacial score (nSPS) is 33.6. The lowest BCUT2D eigenvalue weighted by molar-refractivity contribution is -0.00816. The van der Waals surface area contributed by atoms with Gasteiger partial charge in [0.05, 0.1) is 0 Å². The Morgan fingerprint density at radius 2 is 1.89 bits per heavy atom. The highest BCUT2D eigenvalue weighted by Gasteiger charge is 2.36. The average molecular weight is 264 g/mol. The summed E-state index contributed by atoms with van der Waals surface area (Å²) in [6.45, 7) is 10.3. The summed E-state index contributed by atoms with van der Waals surface area (Å²) in [6.07, 6.45) is 10.3. The smallest absolute Gasteiger partial charge is 0.0246 e. The molecule has 2 aliphatic heterocycles. The van der Waals surface area contributed by atoms with Crippen molar-refractivity contribution >= 4 is 0 Å². The number of piperidine rings is 1. The van der Waals surface area contributed by atoms with E-state index >= 15 is 0 Å². The molecule has 2 heteroatoms. The fourth-order valence-electron chi connectivity index (χ4n) is 4.15. The first-order chi connectivity index (χ1) is 9.24. The maximum absolute atomic E-state index is 2.85. The number of hydrogen-bond donors (Lipinski definition) is 0. The molecule has 2 unspecified atom stereocenters. The van der Waals surface area contributed by atoms with Crippen molar-refractivity contribution in [1.29, 1.82) is 0 Å². The Balaban J connectivity index is 1.54. The molecular formula is C17H32N2. The SMILES string of the molecule is CC(C)C1CN2CCCCC2CN1CCCC1CC1. The van der Waals surface area contributed by atoms with E-state index in [1.54, 1.807) is 0 Å². The van der Waals surface area contributed by atoms with Crippen LogP contribution in [0.4, 0.5) is 0 Å². The van der Waals surface area contributed by atoms with Gasteiger partial charge in [-0.2, -0.15) is 0 Å². The van der Waals surface area contributed by atoms with E-state index in [1.807, 2.05) is 0 Å². The minimum atomic E-state index is 0.809. The van der Waals surface area contributed by atoms with Crippen LogP contribution >= 0.6 is 0 Å². The molecule has 1 saturated carbocycles. The van der Waals surface area contributed by atoms with Crippen LogP contribution in [-0.4, -0.2) is 48.1 Å². The summed E-state index contributed by atoms with van der Waals surface area (Å²) in [6, 6.07) is 1.69. The molecule has 3 aliphatic rings. The molecular weight excluding hydrogens is 232 g/mol. The molecule has 2 saturated heterocycles. The molecule has 3 rings (SSSR count). The molecule has 0 N–H and O–H groups in total. The van der Waals surface area contributed by atoms with Gasteiger partial charge in [0.15, 0.2) is 0 Å². The Kier molecular flexibility index (Phi) is 4.48. The second-order valence-electron chi connectivity index (χ2n) is 7.54. The molecule has 2 atom stereocenters. The maximum atomic E-state index is 2.85. The van der Waals surface area contributed by atoms with Crippen molar-refractivity contribution in [2.75, 3.05) is 26.2 Å². The van der Waals surface area contributed by atoms with Gasteiger partial charge in [-0.25, -0.2) is 0 Å². The molecule has 19 heavy (non-hydrogen) atoms. The van der Waals surface area contributed by atoms with Crippen LogP contribution in [0.3, 0.4) is 0 Å². The maximum Gasteiger partial charge on any atom is 0.0246 e. The highest BCUT2D eigenvalue weighted by atomic mass is 15.3. The lowest BCUT2D eigenvalue weighted by Gasteiger charge is -2.50. The molecule has 2 heterocycles. The third-order valence-corrected chi connectivity index (χ3v) is 5.61. The summed E-state index contributed by atoms with van der Waals surface area (Å²) in [4.78, 5) is 5.64. The molecule has 0 aromatic rings. The Labute approximate surface area is 119 Å². The molecule has 110 valence electrons. The van der Waals surface area contributed by atoms with E-state index in [4.69, 9.17) is 0 Å². The van der Waals surface area contributed by atoms with Gasteiger partial charge < -0.3 is 0 Å². The summed E-state index contributed by atoms with van der Waals surface area (Å²) in [5.41, 5.74) is 0. The Morgan fingerprint density at radius 1 is 1.05 bits per heavy atom. The topological polar surface area (TPSA) is 6.48 Å². The van der Waals surface area contributed by atoms with Crippen molar-refractivity contribution in [3.63, 3.8) is 0 Å². The predicted molar refractivity (Wildman–Crippen MR) is 81.4 cm³/mol. The predicted octanol–water partition coefficient (Wildman–Crippen LogP) is 3.37.